The number of hydrogen-bond acceptors (Lipinski definition) is 4. The molecule has 0 aliphatic rings. The second-order valence-electron chi connectivity index (χ2n) is 3.15. The lowest BCUT2D eigenvalue weighted by molar-refractivity contribution is 0.598. The molecule has 0 bridgehead atoms. The van der Waals surface area contributed by atoms with E-state index >= 15 is 0 Å². The molecule has 0 unspecified atom stereocenters. The summed E-state index contributed by atoms with van der Waals surface area (Å²) in [5.41, 5.74) is 6.35. The molecule has 0 aromatic heterocycles. The van der Waals surface area contributed by atoms with E-state index in [4.69, 9.17) is 10.9 Å². The third-order valence-electron chi connectivity index (χ3n) is 1.79. The Morgan fingerprint density at radius 1 is 1.44 bits per heavy atom. The van der Waals surface area contributed by atoms with E-state index in [1.54, 1.807) is 0 Å². The normalized spacial score (nSPS) is 11.4. The minimum atomic E-state index is -3.52. The Bertz CT molecular complexity index is 492. The van der Waals surface area contributed by atoms with Gasteiger partial charge in [-0.05, 0) is 28.7 Å². The van der Waals surface area contributed by atoms with E-state index in [0.717, 1.165) is 0 Å². The van der Waals surface area contributed by atoms with E-state index in [0.29, 0.717) is 14.9 Å². The Kier molecular flexibility index (Phi) is 4.33. The van der Waals surface area contributed by atoms with Gasteiger partial charge in [0.2, 0.25) is 10.0 Å². The first-order valence-corrected chi connectivity index (χ1v) is 7.08. The first kappa shape index (κ1) is 13.5. The number of hydrogen-bond donors (Lipinski definition) is 3. The van der Waals surface area contributed by atoms with Crippen LogP contribution in [-0.4, -0.2) is 20.7 Å². The van der Waals surface area contributed by atoms with Gasteiger partial charge in [0, 0.05) is 12.6 Å². The SMILES string of the molecule is Nc1cc(I)c(F)cc1NCCS(N)(=O)=O. The lowest BCUT2D eigenvalue weighted by Crippen LogP contribution is -2.22. The van der Waals surface area contributed by atoms with Gasteiger partial charge < -0.3 is 11.1 Å². The van der Waals surface area contributed by atoms with E-state index in [1.165, 1.54) is 12.1 Å². The fraction of sp³-hybridized carbons (Fsp3) is 0.250. The average molecular weight is 359 g/mol. The van der Waals surface area contributed by atoms with E-state index in [-0.39, 0.29) is 12.3 Å². The minimum Gasteiger partial charge on any atom is -0.397 e. The van der Waals surface area contributed by atoms with Crippen LogP contribution in [0.3, 0.4) is 0 Å². The summed E-state index contributed by atoms with van der Waals surface area (Å²) < 4.78 is 34.9. The molecule has 0 saturated heterocycles. The second-order valence-corrected chi connectivity index (χ2v) is 6.04. The fourth-order valence-corrected chi connectivity index (χ4v) is 1.92. The molecule has 5 nitrogen and oxygen atoms in total. The number of nitrogens with one attached hydrogen (secondary N) is 1. The summed E-state index contributed by atoms with van der Waals surface area (Å²) >= 11 is 1.82. The van der Waals surface area contributed by atoms with E-state index in [9.17, 15) is 12.8 Å². The summed E-state index contributed by atoms with van der Waals surface area (Å²) in [6.07, 6.45) is 0. The van der Waals surface area contributed by atoms with Gasteiger partial charge in [0.05, 0.1) is 20.7 Å². The second kappa shape index (κ2) is 5.15. The van der Waals surface area contributed by atoms with Crippen LogP contribution in [0.1, 0.15) is 0 Å². The minimum absolute atomic E-state index is 0.0864. The zero-order valence-corrected chi connectivity index (χ0v) is 11.2. The van der Waals surface area contributed by atoms with E-state index in [2.05, 4.69) is 5.32 Å². The third-order valence-corrected chi connectivity index (χ3v) is 3.39. The third kappa shape index (κ3) is 4.10. The lowest BCUT2D eigenvalue weighted by atomic mass is 10.2. The summed E-state index contributed by atoms with van der Waals surface area (Å²) in [6.45, 7) is 0.0864. The van der Waals surface area contributed by atoms with Crippen molar-refractivity contribution in [1.29, 1.82) is 0 Å². The Morgan fingerprint density at radius 3 is 2.62 bits per heavy atom. The molecule has 0 fully saturated rings. The van der Waals surface area contributed by atoms with Gasteiger partial charge in [0.15, 0.2) is 0 Å². The van der Waals surface area contributed by atoms with Crippen molar-refractivity contribution in [3.63, 3.8) is 0 Å². The van der Waals surface area contributed by atoms with E-state index < -0.39 is 15.8 Å². The van der Waals surface area contributed by atoms with Gasteiger partial charge in [-0.3, -0.25) is 0 Å². The number of sulfonamides is 1. The predicted molar refractivity (Wildman–Crippen MR) is 70.0 cm³/mol. The van der Waals surface area contributed by atoms with Crippen LogP contribution in [0.2, 0.25) is 0 Å². The molecule has 0 aliphatic carbocycles. The van der Waals surface area contributed by atoms with Crippen LogP contribution in [-0.2, 0) is 10.0 Å². The predicted octanol–water partition coefficient (Wildman–Crippen LogP) is 0.713. The van der Waals surface area contributed by atoms with Gasteiger partial charge in [-0.1, -0.05) is 0 Å². The molecule has 5 N–H and O–H groups in total. The number of primary sulfonamides is 1. The Hall–Kier alpha value is -0.610. The number of rotatable bonds is 4. The number of benzene rings is 1. The summed E-state index contributed by atoms with van der Waals surface area (Å²) in [5.74, 6) is -0.645. The number of nitrogen functional groups attached to an aromatic ring is 1. The van der Waals surface area contributed by atoms with E-state index in [1.807, 2.05) is 22.6 Å². The summed E-state index contributed by atoms with van der Waals surface area (Å²) in [6, 6.07) is 2.69. The van der Waals surface area contributed by atoms with Crippen LogP contribution < -0.4 is 16.2 Å². The summed E-state index contributed by atoms with van der Waals surface area (Å²) in [5, 5.41) is 7.53. The van der Waals surface area contributed by atoms with Crippen molar-refractivity contribution >= 4 is 44.0 Å². The standard InChI is InChI=1S/C8H11FIN3O2S/c9-5-3-8(7(11)4-6(5)10)13-1-2-16(12,14)15/h3-4,13H,1-2,11H2,(H2,12,14,15). The molecular formula is C8H11FIN3O2S. The molecule has 8 heteroatoms. The van der Waals surface area contributed by atoms with Crippen molar-refractivity contribution in [2.45, 2.75) is 0 Å². The van der Waals surface area contributed by atoms with Crippen LogP contribution in [0, 0.1) is 9.39 Å². The Morgan fingerprint density at radius 2 is 2.06 bits per heavy atom. The molecule has 1 aromatic carbocycles. The number of nitrogens with two attached hydrogens (primary N) is 2. The average Bonchev–Trinajstić information content (AvgIpc) is 2.11. The van der Waals surface area contributed by atoms with Crippen LogP contribution in [0.15, 0.2) is 12.1 Å². The molecule has 0 amide bonds. The Labute approximate surface area is 107 Å². The monoisotopic (exact) mass is 359 g/mol. The molecule has 90 valence electrons. The largest absolute Gasteiger partial charge is 0.397 e. The molecule has 0 aliphatic heterocycles. The van der Waals surface area contributed by atoms with Crippen LogP contribution in [0.5, 0.6) is 0 Å². The first-order chi connectivity index (χ1) is 7.29. The zero-order valence-electron chi connectivity index (χ0n) is 8.20. The van der Waals surface area contributed by atoms with Crippen molar-refractivity contribution < 1.29 is 12.8 Å². The molecule has 16 heavy (non-hydrogen) atoms. The molecule has 1 aromatic rings. The highest BCUT2D eigenvalue weighted by atomic mass is 127. The van der Waals surface area contributed by atoms with Gasteiger partial charge >= 0.3 is 0 Å². The topological polar surface area (TPSA) is 98.2 Å². The molecule has 0 atom stereocenters. The fourth-order valence-electron chi connectivity index (χ4n) is 1.04. The van der Waals surface area contributed by atoms with Crippen molar-refractivity contribution in [2.24, 2.45) is 5.14 Å². The summed E-state index contributed by atoms with van der Waals surface area (Å²) in [4.78, 5) is 0. The van der Waals surface area contributed by atoms with Crippen molar-refractivity contribution in [2.75, 3.05) is 23.3 Å². The zero-order chi connectivity index (χ0) is 12.3. The Balaban J connectivity index is 2.71. The molecular weight excluding hydrogens is 348 g/mol. The van der Waals surface area contributed by atoms with Crippen LogP contribution in [0.4, 0.5) is 15.8 Å². The van der Waals surface area contributed by atoms with Gasteiger partial charge in [0.25, 0.3) is 0 Å². The molecule has 1 rings (SSSR count). The van der Waals surface area contributed by atoms with Crippen LogP contribution >= 0.6 is 22.6 Å². The van der Waals surface area contributed by atoms with Crippen molar-refractivity contribution in [3.05, 3.63) is 21.5 Å². The molecule has 0 saturated carbocycles. The maximum Gasteiger partial charge on any atom is 0.210 e. The lowest BCUT2D eigenvalue weighted by Gasteiger charge is -2.09. The summed E-state index contributed by atoms with van der Waals surface area (Å²) in [7, 11) is -3.52. The molecule has 0 heterocycles. The van der Waals surface area contributed by atoms with Crippen molar-refractivity contribution in [1.82, 2.24) is 0 Å². The maximum atomic E-state index is 13.2. The smallest absolute Gasteiger partial charge is 0.210 e. The molecule has 0 radical (unpaired) electrons. The van der Waals surface area contributed by atoms with Gasteiger partial charge in [0.1, 0.15) is 5.82 Å². The highest BCUT2D eigenvalue weighted by Crippen LogP contribution is 2.23. The quantitative estimate of drug-likeness (QED) is 0.545. The van der Waals surface area contributed by atoms with Crippen molar-refractivity contribution in [3.8, 4) is 0 Å². The molecule has 0 spiro atoms. The highest BCUT2D eigenvalue weighted by molar-refractivity contribution is 14.1. The first-order valence-electron chi connectivity index (χ1n) is 4.28. The van der Waals surface area contributed by atoms with Gasteiger partial charge in [-0.2, -0.15) is 0 Å². The maximum absolute atomic E-state index is 13.2. The number of anilines is 2. The highest BCUT2D eigenvalue weighted by Gasteiger charge is 2.07. The van der Waals surface area contributed by atoms with Crippen LogP contribution in [0.25, 0.3) is 0 Å². The van der Waals surface area contributed by atoms with Gasteiger partial charge in [-0.25, -0.2) is 17.9 Å². The number of halogens is 2. The van der Waals surface area contributed by atoms with Gasteiger partial charge in [-0.15, -0.1) is 0 Å².